The predicted molar refractivity (Wildman–Crippen MR) is 196 cm³/mol. The number of oxime groups is 1. The maximum atomic E-state index is 13.9. The first kappa shape index (κ1) is 35.0. The van der Waals surface area contributed by atoms with Gasteiger partial charge in [0.05, 0.1) is 0 Å². The van der Waals surface area contributed by atoms with Crippen molar-refractivity contribution in [2.75, 3.05) is 24.3 Å². The van der Waals surface area contributed by atoms with Crippen LogP contribution in [0.5, 0.6) is 0 Å². The summed E-state index contributed by atoms with van der Waals surface area (Å²) in [5.41, 5.74) is 2.29. The van der Waals surface area contributed by atoms with E-state index in [9.17, 15) is 24.3 Å². The highest BCUT2D eigenvalue weighted by atomic mass is 32.2. The minimum absolute atomic E-state index is 0.105. The molecule has 1 aliphatic carbocycles. The van der Waals surface area contributed by atoms with Crippen LogP contribution < -0.4 is 10.6 Å². The summed E-state index contributed by atoms with van der Waals surface area (Å²) in [6.45, 7) is 1.33. The largest absolute Gasteiger partial charge is 0.477 e. The number of aliphatic carboxylic acids is 1. The Bertz CT molecular complexity index is 1940. The van der Waals surface area contributed by atoms with Gasteiger partial charge in [-0.2, -0.15) is 0 Å². The molecule has 52 heavy (non-hydrogen) atoms. The molecule has 3 aliphatic rings. The molecule has 2 fully saturated rings. The highest BCUT2D eigenvalue weighted by Gasteiger charge is 2.54. The summed E-state index contributed by atoms with van der Waals surface area (Å²) in [6.07, 6.45) is 2.04. The molecule has 12 nitrogen and oxygen atoms in total. The van der Waals surface area contributed by atoms with Crippen molar-refractivity contribution in [3.8, 4) is 0 Å². The zero-order valence-corrected chi connectivity index (χ0v) is 29.7. The second kappa shape index (κ2) is 15.0. The fourth-order valence-electron chi connectivity index (χ4n) is 6.27. The average Bonchev–Trinajstić information content (AvgIpc) is 3.89. The predicted octanol–water partition coefficient (Wildman–Crippen LogP) is 4.98. The Morgan fingerprint density at radius 2 is 1.56 bits per heavy atom. The van der Waals surface area contributed by atoms with Gasteiger partial charge in [0, 0.05) is 23.6 Å². The molecular formula is C38H35N5O7S2. The van der Waals surface area contributed by atoms with Crippen molar-refractivity contribution in [3.63, 3.8) is 0 Å². The van der Waals surface area contributed by atoms with Crippen molar-refractivity contribution in [3.05, 3.63) is 130 Å². The zero-order valence-electron chi connectivity index (χ0n) is 28.1. The van der Waals surface area contributed by atoms with E-state index in [1.165, 1.54) is 30.0 Å². The van der Waals surface area contributed by atoms with E-state index in [1.807, 2.05) is 54.6 Å². The zero-order chi connectivity index (χ0) is 36.2. The molecule has 3 N–H and O–H groups in total. The molecule has 0 unspecified atom stereocenters. The number of carboxylic acid groups (broad SMARTS) is 1. The lowest BCUT2D eigenvalue weighted by Gasteiger charge is -2.49. The van der Waals surface area contributed by atoms with Crippen LogP contribution in [0.2, 0.25) is 0 Å². The molecule has 4 aromatic rings. The third-order valence-corrected chi connectivity index (χ3v) is 11.1. The van der Waals surface area contributed by atoms with Crippen molar-refractivity contribution in [1.29, 1.82) is 0 Å². The standard InChI is InChI=1S/C38H35N5O7S2/c1-23(44)49-20-25-21-51-35-31(34(46)43(35)32(25)36(47)48)40-33(45)30(42-50-19-24-17-18-24)29-22-52-37(39-29)41-38(26-11-5-2-6-12-26,27-13-7-3-8-14-27)28-15-9-4-10-16-28/h2-16,22,24,31,35H,17-21H2,1H3,(H,39,41)(H,40,45)(H,47,48)/b42-30-/t31-,35-/m1/s1. The van der Waals surface area contributed by atoms with Crippen LogP contribution >= 0.6 is 23.1 Å². The number of rotatable bonds is 14. The Hall–Kier alpha value is -5.47. The first-order valence-electron chi connectivity index (χ1n) is 16.7. The molecule has 1 saturated carbocycles. The van der Waals surface area contributed by atoms with Gasteiger partial charge in [-0.15, -0.1) is 23.1 Å². The average molecular weight is 738 g/mol. The number of carbonyl (C=O) groups excluding carboxylic acids is 3. The number of nitrogens with zero attached hydrogens (tertiary/aromatic N) is 3. The number of β-lactam (4-membered cyclic amide) rings is 1. The number of anilines is 1. The SMILES string of the molecule is CC(=O)OCC1=C(C(=O)O)N2C(=O)[C@@H](NC(=O)/C(=N\OCC3CC3)c3csc(NC(c4ccccc4)(c4ccccc4)c4ccccc4)n3)[C@H]2SC1. The maximum Gasteiger partial charge on any atom is 0.352 e. The quantitative estimate of drug-likeness (QED) is 0.0530. The summed E-state index contributed by atoms with van der Waals surface area (Å²) in [5.74, 6) is -2.59. The molecule has 3 aromatic carbocycles. The highest BCUT2D eigenvalue weighted by Crippen LogP contribution is 2.42. The number of hydrogen-bond donors (Lipinski definition) is 3. The number of thioether (sulfide) groups is 1. The lowest BCUT2D eigenvalue weighted by molar-refractivity contribution is -0.150. The van der Waals surface area contributed by atoms with Gasteiger partial charge in [0.2, 0.25) is 0 Å². The summed E-state index contributed by atoms with van der Waals surface area (Å²) < 4.78 is 5.02. The topological polar surface area (TPSA) is 160 Å². The molecule has 0 radical (unpaired) electrons. The van der Waals surface area contributed by atoms with Gasteiger partial charge in [0.1, 0.15) is 41.6 Å². The maximum absolute atomic E-state index is 13.9. The number of aromatic nitrogens is 1. The van der Waals surface area contributed by atoms with Gasteiger partial charge in [-0.05, 0) is 35.4 Å². The van der Waals surface area contributed by atoms with Gasteiger partial charge in [-0.25, -0.2) is 9.78 Å². The van der Waals surface area contributed by atoms with Crippen LogP contribution in [0, 0.1) is 5.92 Å². The van der Waals surface area contributed by atoms with Crippen LogP contribution in [0.25, 0.3) is 0 Å². The smallest absolute Gasteiger partial charge is 0.352 e. The number of carbonyl (C=O) groups is 4. The van der Waals surface area contributed by atoms with E-state index in [0.717, 1.165) is 34.4 Å². The van der Waals surface area contributed by atoms with Crippen molar-refractivity contribution in [2.24, 2.45) is 11.1 Å². The molecule has 0 bridgehead atoms. The molecule has 3 heterocycles. The second-order valence-electron chi connectivity index (χ2n) is 12.6. The number of nitrogens with one attached hydrogen (secondary N) is 2. The lowest BCUT2D eigenvalue weighted by Crippen LogP contribution is -2.71. The number of thiazole rings is 1. The van der Waals surface area contributed by atoms with Crippen LogP contribution in [-0.4, -0.2) is 74.8 Å². The van der Waals surface area contributed by atoms with E-state index < -0.39 is 40.7 Å². The molecule has 2 aliphatic heterocycles. The van der Waals surface area contributed by atoms with Crippen LogP contribution in [0.3, 0.4) is 0 Å². The molecule has 2 amide bonds. The lowest BCUT2D eigenvalue weighted by atomic mass is 9.77. The van der Waals surface area contributed by atoms with Gasteiger partial charge < -0.3 is 25.3 Å². The minimum atomic E-state index is -1.32. The highest BCUT2D eigenvalue weighted by molar-refractivity contribution is 8.00. The van der Waals surface area contributed by atoms with E-state index >= 15 is 0 Å². The number of amides is 2. The Morgan fingerprint density at radius 3 is 2.10 bits per heavy atom. The van der Waals surface area contributed by atoms with E-state index in [4.69, 9.17) is 14.6 Å². The molecule has 2 atom stereocenters. The number of fused-ring (bicyclic) bond motifs is 1. The third kappa shape index (κ3) is 7.03. The van der Waals surface area contributed by atoms with Crippen LogP contribution in [0.1, 0.15) is 42.1 Å². The molecule has 1 aromatic heterocycles. The summed E-state index contributed by atoms with van der Waals surface area (Å²) in [7, 11) is 0. The van der Waals surface area contributed by atoms with Crippen molar-refractivity contribution in [1.82, 2.24) is 15.2 Å². The number of hydrogen-bond acceptors (Lipinski definition) is 11. The van der Waals surface area contributed by atoms with Crippen LogP contribution in [0.4, 0.5) is 5.13 Å². The summed E-state index contributed by atoms with van der Waals surface area (Å²) in [6, 6.07) is 29.1. The molecule has 14 heteroatoms. The third-order valence-electron chi connectivity index (χ3n) is 9.03. The second-order valence-corrected chi connectivity index (χ2v) is 14.6. The molecular weight excluding hydrogens is 703 g/mol. The van der Waals surface area contributed by atoms with Gasteiger partial charge in [0.15, 0.2) is 10.8 Å². The first-order valence-corrected chi connectivity index (χ1v) is 18.6. The Labute approximate surface area is 307 Å². The fourth-order valence-corrected chi connectivity index (χ4v) is 8.35. The fraction of sp³-hybridized carbons (Fsp3) is 0.263. The van der Waals surface area contributed by atoms with Crippen molar-refractivity contribution >= 4 is 57.7 Å². The first-order chi connectivity index (χ1) is 25.3. The summed E-state index contributed by atoms with van der Waals surface area (Å²) in [5, 5.41) is 22.2. The van der Waals surface area contributed by atoms with E-state index in [0.29, 0.717) is 23.2 Å². The molecule has 7 rings (SSSR count). The van der Waals surface area contributed by atoms with Gasteiger partial charge in [-0.3, -0.25) is 19.3 Å². The normalized spacial score (nSPS) is 18.6. The Morgan fingerprint density at radius 1 is 0.962 bits per heavy atom. The summed E-state index contributed by atoms with van der Waals surface area (Å²) >= 11 is 2.57. The number of ether oxygens (including phenoxy) is 1. The number of benzene rings is 3. The molecule has 266 valence electrons. The van der Waals surface area contributed by atoms with E-state index in [1.54, 1.807) is 5.38 Å². The van der Waals surface area contributed by atoms with E-state index in [2.05, 4.69) is 52.2 Å². The number of carboxylic acids is 1. The minimum Gasteiger partial charge on any atom is -0.477 e. The van der Waals surface area contributed by atoms with Crippen LogP contribution in [0.15, 0.2) is 113 Å². The molecule has 0 spiro atoms. The molecule has 1 saturated heterocycles. The van der Waals surface area contributed by atoms with Crippen LogP contribution in [-0.2, 0) is 34.3 Å². The van der Waals surface area contributed by atoms with Crippen molar-refractivity contribution in [2.45, 2.75) is 36.7 Å². The monoisotopic (exact) mass is 737 g/mol. The number of esters is 1. The van der Waals surface area contributed by atoms with Gasteiger partial charge in [-0.1, -0.05) is 96.2 Å². The van der Waals surface area contributed by atoms with Gasteiger partial charge in [0.25, 0.3) is 11.8 Å². The Kier molecular flexibility index (Phi) is 10.1. The van der Waals surface area contributed by atoms with Gasteiger partial charge >= 0.3 is 11.9 Å². The van der Waals surface area contributed by atoms with Crippen molar-refractivity contribution < 1.29 is 33.9 Å². The Balaban J connectivity index is 1.18. The summed E-state index contributed by atoms with van der Waals surface area (Å²) in [4.78, 5) is 62.4. The van der Waals surface area contributed by atoms with E-state index in [-0.39, 0.29) is 29.5 Å².